The number of hydrogen-bond acceptors (Lipinski definition) is 5. The number of furan rings is 1. The molecule has 0 spiro atoms. The van der Waals surface area contributed by atoms with Crippen LogP contribution in [-0.4, -0.2) is 25.8 Å². The van der Waals surface area contributed by atoms with Crippen LogP contribution >= 0.6 is 0 Å². The first-order chi connectivity index (χ1) is 10.7. The second-order valence-electron chi connectivity index (χ2n) is 4.19. The number of hydrogen-bond donors (Lipinski definition) is 1. The first kappa shape index (κ1) is 15.4. The number of hydrazone groups is 1. The van der Waals surface area contributed by atoms with E-state index < -0.39 is 5.91 Å². The Morgan fingerprint density at radius 2 is 2.27 bits per heavy atom. The number of methoxy groups -OCH3 is 1. The van der Waals surface area contributed by atoms with Gasteiger partial charge in [0.15, 0.2) is 17.3 Å². The monoisotopic (exact) mass is 300 g/mol. The molecule has 0 bridgehead atoms. The number of ether oxygens (including phenoxy) is 2. The zero-order valence-corrected chi connectivity index (χ0v) is 12.1. The van der Waals surface area contributed by atoms with Gasteiger partial charge in [-0.15, -0.1) is 0 Å². The smallest absolute Gasteiger partial charge is 0.307 e. The van der Waals surface area contributed by atoms with Crippen molar-refractivity contribution < 1.29 is 18.7 Å². The molecule has 0 saturated heterocycles. The van der Waals surface area contributed by atoms with Crippen LogP contribution in [0.15, 0.2) is 58.8 Å². The number of rotatable bonds is 7. The quantitative estimate of drug-likeness (QED) is 0.484. The Morgan fingerprint density at radius 1 is 1.41 bits per heavy atom. The molecular formula is C16H16N2O4. The molecule has 6 nitrogen and oxygen atoms in total. The maximum atomic E-state index is 11.6. The molecule has 0 atom stereocenters. The third-order valence-electron chi connectivity index (χ3n) is 2.67. The average molecular weight is 300 g/mol. The minimum atomic E-state index is -0.417. The summed E-state index contributed by atoms with van der Waals surface area (Å²) < 4.78 is 15.7. The highest BCUT2D eigenvalue weighted by atomic mass is 16.5. The molecule has 1 aromatic carbocycles. The Kier molecular flexibility index (Phi) is 5.37. The molecule has 0 fully saturated rings. The molecule has 0 aliphatic carbocycles. The zero-order chi connectivity index (χ0) is 15.8. The van der Waals surface area contributed by atoms with E-state index in [1.165, 1.54) is 12.5 Å². The van der Waals surface area contributed by atoms with E-state index in [1.807, 2.05) is 0 Å². The summed E-state index contributed by atoms with van der Waals surface area (Å²) in [5.74, 6) is 0.962. The number of carbonyl (C=O) groups is 1. The van der Waals surface area contributed by atoms with Crippen molar-refractivity contribution in [1.29, 1.82) is 0 Å². The summed E-state index contributed by atoms with van der Waals surface area (Å²) in [5, 5.41) is 3.87. The molecule has 2 aromatic rings. The van der Waals surface area contributed by atoms with Gasteiger partial charge in [0.25, 0.3) is 0 Å². The second-order valence-corrected chi connectivity index (χ2v) is 4.19. The Hall–Kier alpha value is -3.02. The molecule has 0 aliphatic rings. The maximum Gasteiger partial charge on any atom is 0.307 e. The van der Waals surface area contributed by atoms with Gasteiger partial charge >= 0.3 is 5.91 Å². The molecule has 0 radical (unpaired) electrons. The van der Waals surface area contributed by atoms with E-state index in [1.54, 1.807) is 43.5 Å². The number of amides is 1. The molecule has 0 aliphatic heterocycles. The van der Waals surface area contributed by atoms with Crippen LogP contribution in [0.3, 0.4) is 0 Å². The molecular weight excluding hydrogens is 284 g/mol. The summed E-state index contributed by atoms with van der Waals surface area (Å²) in [6, 6.07) is 8.49. The van der Waals surface area contributed by atoms with Gasteiger partial charge < -0.3 is 13.9 Å². The van der Waals surface area contributed by atoms with E-state index in [4.69, 9.17) is 13.9 Å². The summed E-state index contributed by atoms with van der Waals surface area (Å²) in [4.78, 5) is 11.6. The van der Waals surface area contributed by atoms with Gasteiger partial charge in [0.1, 0.15) is 6.61 Å². The molecule has 1 heterocycles. The molecule has 1 amide bonds. The molecule has 0 unspecified atom stereocenters. The van der Waals surface area contributed by atoms with Crippen molar-refractivity contribution in [3.8, 4) is 11.5 Å². The lowest BCUT2D eigenvalue weighted by atomic mass is 10.2. The average Bonchev–Trinajstić information content (AvgIpc) is 3.07. The highest BCUT2D eigenvalue weighted by Crippen LogP contribution is 2.27. The summed E-state index contributed by atoms with van der Waals surface area (Å²) in [6.07, 6.45) is 4.57. The zero-order valence-electron chi connectivity index (χ0n) is 12.1. The number of nitrogens with zero attached hydrogens (tertiary/aromatic N) is 1. The Labute approximate surface area is 128 Å². The van der Waals surface area contributed by atoms with Crippen LogP contribution in [0.5, 0.6) is 11.5 Å². The lowest BCUT2D eigenvalue weighted by Crippen LogP contribution is -2.16. The van der Waals surface area contributed by atoms with Crippen molar-refractivity contribution in [2.45, 2.75) is 0 Å². The summed E-state index contributed by atoms with van der Waals surface area (Å²) in [6.45, 7) is 3.98. The van der Waals surface area contributed by atoms with Gasteiger partial charge in [-0.05, 0) is 35.9 Å². The first-order valence-electron chi connectivity index (χ1n) is 6.53. The third kappa shape index (κ3) is 3.99. The standard InChI is InChI=1S/C16H16N2O4/c1-3-8-21-13-7-6-12(10-15(13)20-2)11-17-18-16(19)14-5-4-9-22-14/h3-7,9-11H,1,8H2,2H3,(H,18,19)/b17-11+. The van der Waals surface area contributed by atoms with Crippen molar-refractivity contribution in [2.24, 2.45) is 5.10 Å². The minimum Gasteiger partial charge on any atom is -0.493 e. The van der Waals surface area contributed by atoms with Crippen LogP contribution in [0, 0.1) is 0 Å². The second kappa shape index (κ2) is 7.68. The Bertz CT molecular complexity index is 663. The Morgan fingerprint density at radius 3 is 2.95 bits per heavy atom. The molecule has 1 aromatic heterocycles. The molecule has 114 valence electrons. The highest BCUT2D eigenvalue weighted by molar-refractivity contribution is 5.92. The van der Waals surface area contributed by atoms with Crippen molar-refractivity contribution in [1.82, 2.24) is 5.43 Å². The fraction of sp³-hybridized carbons (Fsp3) is 0.125. The van der Waals surface area contributed by atoms with Gasteiger partial charge in [-0.3, -0.25) is 4.79 Å². The predicted octanol–water partition coefficient (Wildman–Crippen LogP) is 2.62. The van der Waals surface area contributed by atoms with Gasteiger partial charge in [-0.2, -0.15) is 5.10 Å². The summed E-state index contributed by atoms with van der Waals surface area (Å²) in [5.41, 5.74) is 3.12. The van der Waals surface area contributed by atoms with Crippen molar-refractivity contribution >= 4 is 12.1 Å². The Balaban J connectivity index is 2.01. The fourth-order valence-electron chi connectivity index (χ4n) is 1.66. The van der Waals surface area contributed by atoms with Crippen LogP contribution in [0.1, 0.15) is 16.1 Å². The van der Waals surface area contributed by atoms with Gasteiger partial charge in [0.2, 0.25) is 0 Å². The minimum absolute atomic E-state index is 0.197. The molecule has 2 rings (SSSR count). The van der Waals surface area contributed by atoms with E-state index in [9.17, 15) is 4.79 Å². The highest BCUT2D eigenvalue weighted by Gasteiger charge is 2.07. The van der Waals surface area contributed by atoms with Crippen LogP contribution in [0.4, 0.5) is 0 Å². The largest absolute Gasteiger partial charge is 0.493 e. The number of carbonyl (C=O) groups excluding carboxylic acids is 1. The lowest BCUT2D eigenvalue weighted by Gasteiger charge is -2.09. The van der Waals surface area contributed by atoms with E-state index >= 15 is 0 Å². The van der Waals surface area contributed by atoms with Gasteiger partial charge in [-0.1, -0.05) is 12.7 Å². The lowest BCUT2D eigenvalue weighted by molar-refractivity contribution is 0.0927. The van der Waals surface area contributed by atoms with E-state index in [0.717, 1.165) is 5.56 Å². The SMILES string of the molecule is C=CCOc1ccc(/C=N/NC(=O)c2ccco2)cc1OC. The fourth-order valence-corrected chi connectivity index (χ4v) is 1.66. The number of nitrogens with one attached hydrogen (secondary N) is 1. The van der Waals surface area contributed by atoms with Gasteiger partial charge in [-0.25, -0.2) is 5.43 Å². The van der Waals surface area contributed by atoms with Crippen molar-refractivity contribution in [3.63, 3.8) is 0 Å². The van der Waals surface area contributed by atoms with Crippen LogP contribution in [-0.2, 0) is 0 Å². The number of benzene rings is 1. The molecule has 6 heteroatoms. The van der Waals surface area contributed by atoms with Crippen molar-refractivity contribution in [3.05, 3.63) is 60.6 Å². The van der Waals surface area contributed by atoms with E-state index in [-0.39, 0.29) is 5.76 Å². The summed E-state index contributed by atoms with van der Waals surface area (Å²) >= 11 is 0. The van der Waals surface area contributed by atoms with Crippen molar-refractivity contribution in [2.75, 3.05) is 13.7 Å². The van der Waals surface area contributed by atoms with Crippen LogP contribution < -0.4 is 14.9 Å². The molecule has 22 heavy (non-hydrogen) atoms. The normalized spacial score (nSPS) is 10.4. The van der Waals surface area contributed by atoms with E-state index in [0.29, 0.717) is 18.1 Å². The topological polar surface area (TPSA) is 73.1 Å². The van der Waals surface area contributed by atoms with E-state index in [2.05, 4.69) is 17.1 Å². The van der Waals surface area contributed by atoms with Gasteiger partial charge in [0, 0.05) is 0 Å². The molecule has 1 N–H and O–H groups in total. The van der Waals surface area contributed by atoms with Crippen LogP contribution in [0.2, 0.25) is 0 Å². The predicted molar refractivity (Wildman–Crippen MR) is 82.5 cm³/mol. The summed E-state index contributed by atoms with van der Waals surface area (Å²) in [7, 11) is 1.55. The first-order valence-corrected chi connectivity index (χ1v) is 6.53. The van der Waals surface area contributed by atoms with Crippen LogP contribution in [0.25, 0.3) is 0 Å². The third-order valence-corrected chi connectivity index (χ3v) is 2.67. The van der Waals surface area contributed by atoms with Gasteiger partial charge in [0.05, 0.1) is 19.6 Å². The maximum absolute atomic E-state index is 11.6. The molecule has 0 saturated carbocycles.